The van der Waals surface area contributed by atoms with Gasteiger partial charge in [0.15, 0.2) is 0 Å². The first-order valence-electron chi connectivity index (χ1n) is 10.9. The van der Waals surface area contributed by atoms with E-state index in [1.54, 1.807) is 12.1 Å². The zero-order valence-electron chi connectivity index (χ0n) is 18.7. The molecule has 3 aromatic rings. The van der Waals surface area contributed by atoms with Gasteiger partial charge in [-0.2, -0.15) is 0 Å². The Bertz CT molecular complexity index is 1120. The molecule has 0 saturated carbocycles. The fourth-order valence-corrected chi connectivity index (χ4v) is 3.58. The number of benzene rings is 3. The standard InChI is InChI=1S/C24H23N3O3.C2H6/c1-3-30-15(2)16-10-12-18(13-11-16)25-22(28)14-21-24(29)27-20-9-5-7-17-6-4-8-19(26-21)23(17)20;1-2/h4-13,21,26H,2-3,14H2,1H3,(H,25,28)(H,27,29);1-2H3. The summed E-state index contributed by atoms with van der Waals surface area (Å²) < 4.78 is 5.39. The van der Waals surface area contributed by atoms with Crippen LogP contribution >= 0.6 is 0 Å². The predicted octanol–water partition coefficient (Wildman–Crippen LogP) is 5.63. The van der Waals surface area contributed by atoms with Crippen molar-refractivity contribution in [3.8, 4) is 0 Å². The molecule has 1 aliphatic rings. The molecule has 0 bridgehead atoms. The summed E-state index contributed by atoms with van der Waals surface area (Å²) in [6.45, 7) is 10.3. The van der Waals surface area contributed by atoms with Crippen LogP contribution < -0.4 is 16.0 Å². The molecule has 3 N–H and O–H groups in total. The summed E-state index contributed by atoms with van der Waals surface area (Å²) in [5, 5.41) is 11.0. The Labute approximate surface area is 188 Å². The molecule has 1 heterocycles. The molecule has 2 amide bonds. The van der Waals surface area contributed by atoms with Crippen LogP contribution in [0.5, 0.6) is 0 Å². The van der Waals surface area contributed by atoms with Gasteiger partial charge in [0.25, 0.3) is 0 Å². The molecule has 32 heavy (non-hydrogen) atoms. The predicted molar refractivity (Wildman–Crippen MR) is 132 cm³/mol. The third kappa shape index (κ3) is 5.09. The maximum Gasteiger partial charge on any atom is 0.247 e. The number of hydrogen-bond donors (Lipinski definition) is 3. The minimum atomic E-state index is -0.681. The van der Waals surface area contributed by atoms with E-state index in [1.165, 1.54) is 0 Å². The molecule has 6 heteroatoms. The maximum atomic E-state index is 12.7. The molecule has 4 rings (SSSR count). The van der Waals surface area contributed by atoms with E-state index < -0.39 is 6.04 Å². The summed E-state index contributed by atoms with van der Waals surface area (Å²) in [4.78, 5) is 25.3. The van der Waals surface area contributed by atoms with Crippen molar-refractivity contribution in [2.24, 2.45) is 0 Å². The van der Waals surface area contributed by atoms with Crippen LogP contribution in [0.4, 0.5) is 17.1 Å². The number of carbonyl (C=O) groups is 2. The Morgan fingerprint density at radius 3 is 2.34 bits per heavy atom. The fraction of sp³-hybridized carbons (Fsp3) is 0.231. The molecule has 0 radical (unpaired) electrons. The Kier molecular flexibility index (Phi) is 7.49. The lowest BCUT2D eigenvalue weighted by Crippen LogP contribution is -2.36. The van der Waals surface area contributed by atoms with Crippen LogP contribution in [0.25, 0.3) is 16.5 Å². The first kappa shape index (κ1) is 22.9. The van der Waals surface area contributed by atoms with Crippen LogP contribution in [0.2, 0.25) is 0 Å². The van der Waals surface area contributed by atoms with Gasteiger partial charge in [0.1, 0.15) is 11.8 Å². The first-order chi connectivity index (χ1) is 15.5. The average Bonchev–Trinajstić information content (AvgIpc) is 2.93. The fourth-order valence-electron chi connectivity index (χ4n) is 3.58. The number of amides is 2. The monoisotopic (exact) mass is 431 g/mol. The van der Waals surface area contributed by atoms with Crippen LogP contribution in [-0.2, 0) is 14.3 Å². The molecule has 6 nitrogen and oxygen atoms in total. The van der Waals surface area contributed by atoms with E-state index in [2.05, 4.69) is 22.5 Å². The van der Waals surface area contributed by atoms with Crippen molar-refractivity contribution >= 4 is 45.4 Å². The van der Waals surface area contributed by atoms with Gasteiger partial charge in [-0.05, 0) is 48.7 Å². The lowest BCUT2D eigenvalue weighted by Gasteiger charge is -2.16. The van der Waals surface area contributed by atoms with E-state index in [0.29, 0.717) is 18.1 Å². The molecule has 0 saturated heterocycles. The Morgan fingerprint density at radius 1 is 1.03 bits per heavy atom. The molecule has 1 unspecified atom stereocenters. The second kappa shape index (κ2) is 10.5. The van der Waals surface area contributed by atoms with Gasteiger partial charge in [-0.1, -0.05) is 44.7 Å². The second-order valence-electron chi connectivity index (χ2n) is 7.08. The molecule has 0 aliphatic carbocycles. The topological polar surface area (TPSA) is 79.5 Å². The molecule has 0 spiro atoms. The molecule has 1 aliphatic heterocycles. The maximum absolute atomic E-state index is 12.7. The molecule has 0 aromatic heterocycles. The van der Waals surface area contributed by atoms with Crippen LogP contribution in [0, 0.1) is 0 Å². The zero-order valence-corrected chi connectivity index (χ0v) is 18.7. The summed E-state index contributed by atoms with van der Waals surface area (Å²) in [5.41, 5.74) is 3.07. The second-order valence-corrected chi connectivity index (χ2v) is 7.08. The van der Waals surface area contributed by atoms with Gasteiger partial charge in [-0.25, -0.2) is 0 Å². The van der Waals surface area contributed by atoms with Gasteiger partial charge in [0.05, 0.1) is 18.7 Å². The molecular formula is C26H29N3O3. The number of rotatable bonds is 6. The largest absolute Gasteiger partial charge is 0.494 e. The van der Waals surface area contributed by atoms with E-state index in [1.807, 2.05) is 69.3 Å². The summed E-state index contributed by atoms with van der Waals surface area (Å²) in [7, 11) is 0. The van der Waals surface area contributed by atoms with E-state index >= 15 is 0 Å². The van der Waals surface area contributed by atoms with Crippen molar-refractivity contribution in [2.75, 3.05) is 22.6 Å². The Hall–Kier alpha value is -3.80. The zero-order chi connectivity index (χ0) is 23.1. The number of anilines is 3. The summed E-state index contributed by atoms with van der Waals surface area (Å²) >= 11 is 0. The van der Waals surface area contributed by atoms with Crippen LogP contribution in [0.3, 0.4) is 0 Å². The quantitative estimate of drug-likeness (QED) is 0.442. The van der Waals surface area contributed by atoms with E-state index in [9.17, 15) is 9.59 Å². The Balaban J connectivity index is 0.00000141. The SMILES string of the molecule is C=C(OCC)c1ccc(NC(=O)CC2Nc3cccc4cccc(c34)NC2=O)cc1.CC. The number of carbonyl (C=O) groups excluding carboxylic acids is 2. The van der Waals surface area contributed by atoms with Crippen LogP contribution in [0.15, 0.2) is 67.2 Å². The van der Waals surface area contributed by atoms with Gasteiger partial charge in [-0.3, -0.25) is 9.59 Å². The smallest absolute Gasteiger partial charge is 0.247 e. The van der Waals surface area contributed by atoms with Crippen molar-refractivity contribution in [3.05, 3.63) is 72.8 Å². The van der Waals surface area contributed by atoms with Gasteiger partial charge in [-0.15, -0.1) is 0 Å². The number of hydrogen-bond acceptors (Lipinski definition) is 4. The van der Waals surface area contributed by atoms with Crippen LogP contribution in [-0.4, -0.2) is 24.5 Å². The van der Waals surface area contributed by atoms with Crippen molar-refractivity contribution in [1.82, 2.24) is 0 Å². The number of ether oxygens (including phenoxy) is 1. The molecular weight excluding hydrogens is 402 g/mol. The minimum absolute atomic E-state index is 0.00359. The average molecular weight is 432 g/mol. The van der Waals surface area contributed by atoms with Gasteiger partial charge >= 0.3 is 0 Å². The van der Waals surface area contributed by atoms with Crippen molar-refractivity contribution < 1.29 is 14.3 Å². The van der Waals surface area contributed by atoms with E-state index in [4.69, 9.17) is 4.74 Å². The number of nitrogens with one attached hydrogen (secondary N) is 3. The third-order valence-electron chi connectivity index (χ3n) is 5.01. The molecule has 0 fully saturated rings. The highest BCUT2D eigenvalue weighted by Crippen LogP contribution is 2.33. The normalized spacial score (nSPS) is 14.2. The van der Waals surface area contributed by atoms with Gasteiger partial charge in [0, 0.05) is 22.3 Å². The Morgan fingerprint density at radius 2 is 1.69 bits per heavy atom. The lowest BCUT2D eigenvalue weighted by molar-refractivity contribution is -0.121. The van der Waals surface area contributed by atoms with E-state index in [0.717, 1.165) is 27.7 Å². The molecule has 166 valence electrons. The molecule has 1 atom stereocenters. The van der Waals surface area contributed by atoms with Gasteiger partial charge in [0.2, 0.25) is 11.8 Å². The summed E-state index contributed by atoms with van der Waals surface area (Å²) in [6, 6.07) is 18.2. The minimum Gasteiger partial charge on any atom is -0.494 e. The highest BCUT2D eigenvalue weighted by Gasteiger charge is 2.26. The first-order valence-corrected chi connectivity index (χ1v) is 10.9. The molecule has 3 aromatic carbocycles. The van der Waals surface area contributed by atoms with Crippen molar-refractivity contribution in [3.63, 3.8) is 0 Å². The van der Waals surface area contributed by atoms with Crippen LogP contribution in [0.1, 0.15) is 32.8 Å². The summed E-state index contributed by atoms with van der Waals surface area (Å²) in [6.07, 6.45) is 0.00359. The van der Waals surface area contributed by atoms with Crippen molar-refractivity contribution in [2.45, 2.75) is 33.2 Å². The summed E-state index contributed by atoms with van der Waals surface area (Å²) in [5.74, 6) is 0.0952. The van der Waals surface area contributed by atoms with Crippen molar-refractivity contribution in [1.29, 1.82) is 0 Å². The lowest BCUT2D eigenvalue weighted by atomic mass is 10.1. The highest BCUT2D eigenvalue weighted by molar-refractivity contribution is 6.13. The third-order valence-corrected chi connectivity index (χ3v) is 5.01. The highest BCUT2D eigenvalue weighted by atomic mass is 16.5. The van der Waals surface area contributed by atoms with E-state index in [-0.39, 0.29) is 18.2 Å². The van der Waals surface area contributed by atoms with Gasteiger partial charge < -0.3 is 20.7 Å².